The van der Waals surface area contributed by atoms with Gasteiger partial charge in [-0.2, -0.15) is 5.10 Å². The van der Waals surface area contributed by atoms with Crippen LogP contribution in [-0.4, -0.2) is 13.3 Å². The average Bonchev–Trinajstić information content (AvgIpc) is 1.61. The minimum atomic E-state index is 0.934. The van der Waals surface area contributed by atoms with Crippen LogP contribution in [0.15, 0.2) is 5.10 Å². The van der Waals surface area contributed by atoms with Crippen molar-refractivity contribution in [2.75, 3.05) is 6.54 Å². The summed E-state index contributed by atoms with van der Waals surface area (Å²) < 4.78 is 0. The molecule has 0 bridgehead atoms. The predicted octanol–water partition coefficient (Wildman–Crippen LogP) is 0.602. The first-order valence-electron chi connectivity index (χ1n) is 2.10. The summed E-state index contributed by atoms with van der Waals surface area (Å²) in [4.78, 5) is 0. The maximum atomic E-state index is 3.43. The molecule has 0 rings (SSSR count). The van der Waals surface area contributed by atoms with Crippen molar-refractivity contribution in [1.29, 1.82) is 0 Å². The van der Waals surface area contributed by atoms with E-state index in [2.05, 4.69) is 24.2 Å². The molecule has 0 radical (unpaired) electrons. The highest BCUT2D eigenvalue weighted by atomic mass is 15.3. The minimum absolute atomic E-state index is 0.934. The Morgan fingerprint density at radius 1 is 1.83 bits per heavy atom. The van der Waals surface area contributed by atoms with E-state index in [0.29, 0.717) is 0 Å². The molecule has 0 unspecified atom stereocenters. The Balaban J connectivity index is 2.49. The van der Waals surface area contributed by atoms with Crippen molar-refractivity contribution in [2.45, 2.75) is 13.3 Å². The van der Waals surface area contributed by atoms with Crippen LogP contribution in [0.4, 0.5) is 0 Å². The monoisotopic (exact) mass is 86.1 g/mol. The molecule has 0 atom stereocenters. The molecule has 0 saturated carbocycles. The molecule has 0 amide bonds. The Kier molecular flexibility index (Phi) is 4.08. The third-order valence-electron chi connectivity index (χ3n) is 0.474. The van der Waals surface area contributed by atoms with Crippen molar-refractivity contribution in [1.82, 2.24) is 5.43 Å². The molecule has 0 aliphatic rings. The Labute approximate surface area is 38.2 Å². The van der Waals surface area contributed by atoms with Gasteiger partial charge in [0.1, 0.15) is 0 Å². The molecule has 0 saturated heterocycles. The van der Waals surface area contributed by atoms with Crippen LogP contribution < -0.4 is 5.43 Å². The van der Waals surface area contributed by atoms with Crippen LogP contribution in [-0.2, 0) is 0 Å². The summed E-state index contributed by atoms with van der Waals surface area (Å²) in [5.74, 6) is 0. The summed E-state index contributed by atoms with van der Waals surface area (Å²) in [6, 6.07) is 0. The zero-order valence-electron chi connectivity index (χ0n) is 4.07. The smallest absolute Gasteiger partial charge is 0.0326 e. The van der Waals surface area contributed by atoms with Crippen LogP contribution >= 0.6 is 0 Å². The van der Waals surface area contributed by atoms with Crippen LogP contribution in [0, 0.1) is 0 Å². The van der Waals surface area contributed by atoms with Crippen molar-refractivity contribution < 1.29 is 0 Å². The Morgan fingerprint density at radius 3 is 2.67 bits per heavy atom. The van der Waals surface area contributed by atoms with E-state index in [4.69, 9.17) is 0 Å². The number of nitrogens with zero attached hydrogens (tertiary/aromatic N) is 1. The molecular weight excluding hydrogens is 76.1 g/mol. The van der Waals surface area contributed by atoms with Gasteiger partial charge in [0.2, 0.25) is 0 Å². The van der Waals surface area contributed by atoms with Crippen molar-refractivity contribution in [3.05, 3.63) is 0 Å². The van der Waals surface area contributed by atoms with Gasteiger partial charge < -0.3 is 5.43 Å². The van der Waals surface area contributed by atoms with E-state index in [1.54, 1.807) is 0 Å². The quantitative estimate of drug-likeness (QED) is 0.303. The molecule has 36 valence electrons. The molecule has 0 aliphatic heterocycles. The summed E-state index contributed by atoms with van der Waals surface area (Å²) in [5.41, 5.74) is 2.71. The fourth-order valence-electron chi connectivity index (χ4n) is 0.191. The molecule has 0 spiro atoms. The molecule has 0 aromatic carbocycles. The van der Waals surface area contributed by atoms with E-state index in [-0.39, 0.29) is 0 Å². The van der Waals surface area contributed by atoms with Crippen molar-refractivity contribution in [2.24, 2.45) is 5.10 Å². The predicted molar refractivity (Wildman–Crippen MR) is 27.8 cm³/mol. The molecule has 0 aliphatic carbocycles. The second-order valence-electron chi connectivity index (χ2n) is 1.07. The van der Waals surface area contributed by atoms with E-state index in [1.807, 2.05) is 0 Å². The summed E-state index contributed by atoms with van der Waals surface area (Å²) in [7, 11) is 0. The molecule has 0 fully saturated rings. The van der Waals surface area contributed by atoms with Crippen LogP contribution in [0.2, 0.25) is 0 Å². The van der Waals surface area contributed by atoms with Crippen LogP contribution in [0.5, 0.6) is 0 Å². The Bertz CT molecular complexity index is 34.5. The fourth-order valence-corrected chi connectivity index (χ4v) is 0.191. The lowest BCUT2D eigenvalue weighted by atomic mass is 10.5. The maximum Gasteiger partial charge on any atom is 0.0326 e. The Morgan fingerprint density at radius 2 is 2.50 bits per heavy atom. The van der Waals surface area contributed by atoms with Gasteiger partial charge in [0.25, 0.3) is 0 Å². The van der Waals surface area contributed by atoms with Gasteiger partial charge in [-0.1, -0.05) is 6.92 Å². The van der Waals surface area contributed by atoms with E-state index in [0.717, 1.165) is 13.0 Å². The molecule has 2 nitrogen and oxygen atoms in total. The van der Waals surface area contributed by atoms with Crippen molar-refractivity contribution in [3.8, 4) is 0 Å². The van der Waals surface area contributed by atoms with Gasteiger partial charge in [0, 0.05) is 13.3 Å². The summed E-state index contributed by atoms with van der Waals surface area (Å²) in [6.45, 7) is 6.25. The first kappa shape index (κ1) is 5.47. The highest BCUT2D eigenvalue weighted by molar-refractivity contribution is 5.22. The summed E-state index contributed by atoms with van der Waals surface area (Å²) in [6.07, 6.45) is 1.11. The van der Waals surface area contributed by atoms with Gasteiger partial charge >= 0.3 is 0 Å². The van der Waals surface area contributed by atoms with Crippen LogP contribution in [0.1, 0.15) is 13.3 Å². The highest BCUT2D eigenvalue weighted by Gasteiger charge is 1.67. The standard InChI is InChI=1S/C4H10N2/c1-3-4-6-5-2/h6H,2-4H2,1H3. The lowest BCUT2D eigenvalue weighted by molar-refractivity contribution is 0.721. The molecule has 6 heavy (non-hydrogen) atoms. The first-order chi connectivity index (χ1) is 2.91. The molecular formula is C4H10N2. The van der Waals surface area contributed by atoms with Crippen LogP contribution in [0.25, 0.3) is 0 Å². The molecule has 1 N–H and O–H groups in total. The zero-order valence-corrected chi connectivity index (χ0v) is 4.07. The topological polar surface area (TPSA) is 24.4 Å². The molecule has 0 aromatic rings. The van der Waals surface area contributed by atoms with Gasteiger partial charge in [-0.25, -0.2) is 0 Å². The van der Waals surface area contributed by atoms with Gasteiger partial charge in [0.05, 0.1) is 0 Å². The van der Waals surface area contributed by atoms with E-state index in [1.165, 1.54) is 0 Å². The summed E-state index contributed by atoms with van der Waals surface area (Å²) >= 11 is 0. The number of hydrogen-bond acceptors (Lipinski definition) is 2. The Hall–Kier alpha value is -0.530. The van der Waals surface area contributed by atoms with E-state index < -0.39 is 0 Å². The second-order valence-corrected chi connectivity index (χ2v) is 1.07. The molecule has 0 heterocycles. The third kappa shape index (κ3) is 3.47. The first-order valence-corrected chi connectivity index (χ1v) is 2.10. The van der Waals surface area contributed by atoms with Gasteiger partial charge in [-0.3, -0.25) is 0 Å². The van der Waals surface area contributed by atoms with Gasteiger partial charge in [0.15, 0.2) is 0 Å². The number of rotatable bonds is 3. The van der Waals surface area contributed by atoms with Gasteiger partial charge in [-0.15, -0.1) is 0 Å². The van der Waals surface area contributed by atoms with Crippen LogP contribution in [0.3, 0.4) is 0 Å². The van der Waals surface area contributed by atoms with E-state index in [9.17, 15) is 0 Å². The maximum absolute atomic E-state index is 3.43. The minimum Gasteiger partial charge on any atom is -0.311 e. The largest absolute Gasteiger partial charge is 0.311 e. The third-order valence-corrected chi connectivity index (χ3v) is 0.474. The summed E-state index contributed by atoms with van der Waals surface area (Å²) in [5, 5.41) is 3.43. The average molecular weight is 86.1 g/mol. The lowest BCUT2D eigenvalue weighted by Gasteiger charge is -1.88. The number of hydrogen-bond donors (Lipinski definition) is 1. The zero-order chi connectivity index (χ0) is 4.83. The van der Waals surface area contributed by atoms with Gasteiger partial charge in [-0.05, 0) is 6.42 Å². The fraction of sp³-hybridized carbons (Fsp3) is 0.750. The van der Waals surface area contributed by atoms with E-state index >= 15 is 0 Å². The number of hydrazone groups is 1. The van der Waals surface area contributed by atoms with Crippen molar-refractivity contribution in [3.63, 3.8) is 0 Å². The molecule has 0 aromatic heterocycles. The second kappa shape index (κ2) is 4.47. The molecule has 2 heteroatoms. The lowest BCUT2D eigenvalue weighted by Crippen LogP contribution is -2.03. The normalized spacial score (nSPS) is 7.50. The van der Waals surface area contributed by atoms with Crippen molar-refractivity contribution >= 4 is 6.72 Å². The number of nitrogens with one attached hydrogen (secondary N) is 1. The highest BCUT2D eigenvalue weighted by Crippen LogP contribution is 1.65. The SMILES string of the molecule is C=NNCCC.